The van der Waals surface area contributed by atoms with Crippen molar-refractivity contribution >= 4 is 10.0 Å². The van der Waals surface area contributed by atoms with E-state index in [-0.39, 0.29) is 18.0 Å². The van der Waals surface area contributed by atoms with E-state index in [0.29, 0.717) is 25.6 Å². The molecule has 0 bridgehead atoms. The Kier molecular flexibility index (Phi) is 4.61. The first-order valence-electron chi connectivity index (χ1n) is 6.54. The zero-order valence-corrected chi connectivity index (χ0v) is 12.4. The molecular formula is C14H16F2N2O2S. The molecule has 0 saturated carbocycles. The topological polar surface area (TPSA) is 63.4 Å². The van der Waals surface area contributed by atoms with Gasteiger partial charge in [-0.3, -0.25) is 0 Å². The van der Waals surface area contributed by atoms with Gasteiger partial charge in [0.15, 0.2) is 0 Å². The van der Waals surface area contributed by atoms with Crippen LogP contribution in [-0.2, 0) is 10.0 Å². The van der Waals surface area contributed by atoms with Gasteiger partial charge < -0.3 is 5.73 Å². The van der Waals surface area contributed by atoms with Gasteiger partial charge in [-0.15, -0.1) is 0 Å². The molecule has 1 aliphatic rings. The number of hydrogen-bond donors (Lipinski definition) is 1. The van der Waals surface area contributed by atoms with Gasteiger partial charge in [0.2, 0.25) is 10.0 Å². The first kappa shape index (κ1) is 15.9. The van der Waals surface area contributed by atoms with Crippen molar-refractivity contribution in [3.8, 4) is 11.8 Å². The van der Waals surface area contributed by atoms with Gasteiger partial charge in [0.25, 0.3) is 0 Å². The van der Waals surface area contributed by atoms with Gasteiger partial charge in [-0.05, 0) is 18.4 Å². The predicted molar refractivity (Wildman–Crippen MR) is 74.8 cm³/mol. The highest BCUT2D eigenvalue weighted by Gasteiger charge is 2.34. The maximum Gasteiger partial charge on any atom is 0.247 e. The first-order valence-corrected chi connectivity index (χ1v) is 7.98. The molecule has 114 valence electrons. The summed E-state index contributed by atoms with van der Waals surface area (Å²) < 4.78 is 53.7. The Hall–Kier alpha value is -1.49. The number of benzene rings is 1. The van der Waals surface area contributed by atoms with Crippen molar-refractivity contribution in [2.24, 2.45) is 11.7 Å². The van der Waals surface area contributed by atoms with E-state index in [4.69, 9.17) is 5.73 Å². The maximum atomic E-state index is 14.0. The van der Waals surface area contributed by atoms with Crippen LogP contribution >= 0.6 is 0 Å². The van der Waals surface area contributed by atoms with Crippen LogP contribution in [0.3, 0.4) is 0 Å². The number of rotatable bonds is 2. The summed E-state index contributed by atoms with van der Waals surface area (Å²) in [5, 5.41) is 0. The third-order valence-corrected chi connectivity index (χ3v) is 5.26. The van der Waals surface area contributed by atoms with E-state index in [1.54, 1.807) is 0 Å². The Labute approximate surface area is 123 Å². The third kappa shape index (κ3) is 3.23. The molecule has 7 heteroatoms. The fourth-order valence-corrected chi connectivity index (χ4v) is 4.05. The Bertz CT molecular complexity index is 708. The molecule has 1 aromatic carbocycles. The highest BCUT2D eigenvalue weighted by Crippen LogP contribution is 2.28. The van der Waals surface area contributed by atoms with Crippen LogP contribution in [0.4, 0.5) is 8.78 Å². The fourth-order valence-electron chi connectivity index (χ4n) is 2.30. The summed E-state index contributed by atoms with van der Waals surface area (Å²) in [7, 11) is -4.03. The van der Waals surface area contributed by atoms with E-state index < -0.39 is 26.6 Å². The lowest BCUT2D eigenvalue weighted by atomic mass is 10.2. The van der Waals surface area contributed by atoms with Crippen LogP contribution in [0.15, 0.2) is 17.0 Å². The largest absolute Gasteiger partial charge is 0.320 e. The van der Waals surface area contributed by atoms with Gasteiger partial charge in [-0.25, -0.2) is 17.2 Å². The molecule has 1 aromatic rings. The first-order chi connectivity index (χ1) is 9.86. The van der Waals surface area contributed by atoms with Crippen molar-refractivity contribution in [2.75, 3.05) is 19.6 Å². The summed E-state index contributed by atoms with van der Waals surface area (Å²) in [5.41, 5.74) is 5.03. The summed E-state index contributed by atoms with van der Waals surface area (Å²) in [6.07, 6.45) is 0.714. The number of nitrogens with two attached hydrogens (primary N) is 1. The van der Waals surface area contributed by atoms with E-state index in [1.165, 1.54) is 4.31 Å². The monoisotopic (exact) mass is 314 g/mol. The summed E-state index contributed by atoms with van der Waals surface area (Å²) in [6.45, 7) is 2.54. The van der Waals surface area contributed by atoms with E-state index >= 15 is 0 Å². The predicted octanol–water partition coefficient (Wildman–Crippen LogP) is 1.31. The number of halogens is 2. The molecule has 0 amide bonds. The van der Waals surface area contributed by atoms with Crippen molar-refractivity contribution in [1.29, 1.82) is 0 Å². The highest BCUT2D eigenvalue weighted by molar-refractivity contribution is 7.89. The molecular weight excluding hydrogens is 298 g/mol. The molecule has 0 aliphatic carbocycles. The van der Waals surface area contributed by atoms with Crippen LogP contribution in [0.25, 0.3) is 0 Å². The second-order valence-electron chi connectivity index (χ2n) is 5.03. The molecule has 1 aliphatic heterocycles. The van der Waals surface area contributed by atoms with E-state index in [1.807, 2.05) is 6.92 Å². The van der Waals surface area contributed by atoms with Crippen molar-refractivity contribution in [3.63, 3.8) is 0 Å². The Morgan fingerprint density at radius 1 is 1.43 bits per heavy atom. The summed E-state index contributed by atoms with van der Waals surface area (Å²) in [4.78, 5) is -0.570. The fraction of sp³-hybridized carbons (Fsp3) is 0.429. The van der Waals surface area contributed by atoms with Gasteiger partial charge in [-0.2, -0.15) is 4.31 Å². The average molecular weight is 314 g/mol. The smallest absolute Gasteiger partial charge is 0.247 e. The van der Waals surface area contributed by atoms with Gasteiger partial charge in [-0.1, -0.05) is 18.8 Å². The molecule has 4 nitrogen and oxygen atoms in total. The Morgan fingerprint density at radius 2 is 2.14 bits per heavy atom. The minimum absolute atomic E-state index is 0.0294. The van der Waals surface area contributed by atoms with Crippen molar-refractivity contribution in [2.45, 2.75) is 18.2 Å². The summed E-state index contributed by atoms with van der Waals surface area (Å²) in [5.74, 6) is 3.08. The van der Waals surface area contributed by atoms with E-state index in [0.717, 1.165) is 6.07 Å². The molecule has 1 fully saturated rings. The number of sulfonamides is 1. The van der Waals surface area contributed by atoms with Gasteiger partial charge in [0.05, 0.1) is 12.1 Å². The van der Waals surface area contributed by atoms with Crippen LogP contribution in [0, 0.1) is 29.4 Å². The average Bonchev–Trinajstić information content (AvgIpc) is 2.82. The molecule has 1 heterocycles. The summed E-state index contributed by atoms with van der Waals surface area (Å²) >= 11 is 0. The standard InChI is InChI=1S/C14H16F2N2O2S/c1-10-4-6-18(9-10)21(19,20)14-11(3-2-5-17)7-12(15)8-13(14)16/h7-8,10H,4-6,9,17H2,1H3. The van der Waals surface area contributed by atoms with Crippen LogP contribution < -0.4 is 5.73 Å². The highest BCUT2D eigenvalue weighted by atomic mass is 32.2. The second kappa shape index (κ2) is 6.10. The van der Waals surface area contributed by atoms with Gasteiger partial charge >= 0.3 is 0 Å². The molecule has 0 spiro atoms. The van der Waals surface area contributed by atoms with Crippen molar-refractivity contribution in [3.05, 3.63) is 29.3 Å². The normalized spacial score (nSPS) is 19.3. The molecule has 2 N–H and O–H groups in total. The molecule has 1 unspecified atom stereocenters. The summed E-state index contributed by atoms with van der Waals surface area (Å²) in [6, 6.07) is 1.47. The van der Waals surface area contributed by atoms with Crippen LogP contribution in [0.2, 0.25) is 0 Å². The molecule has 0 radical (unpaired) electrons. The zero-order chi connectivity index (χ0) is 15.6. The van der Waals surface area contributed by atoms with Gasteiger partial charge in [0.1, 0.15) is 16.5 Å². The minimum atomic E-state index is -4.03. The molecule has 0 aromatic heterocycles. The lowest BCUT2D eigenvalue weighted by molar-refractivity contribution is 0.456. The Balaban J connectivity index is 2.56. The van der Waals surface area contributed by atoms with Crippen molar-refractivity contribution in [1.82, 2.24) is 4.31 Å². The number of nitrogens with zero attached hydrogens (tertiary/aromatic N) is 1. The van der Waals surface area contributed by atoms with E-state index in [9.17, 15) is 17.2 Å². The molecule has 21 heavy (non-hydrogen) atoms. The zero-order valence-electron chi connectivity index (χ0n) is 11.6. The third-order valence-electron chi connectivity index (χ3n) is 3.32. The lowest BCUT2D eigenvalue weighted by Crippen LogP contribution is -2.30. The molecule has 1 atom stereocenters. The SMILES string of the molecule is CC1CCN(S(=O)(=O)c2c(F)cc(F)cc2C#CCN)C1. The van der Waals surface area contributed by atoms with Crippen molar-refractivity contribution < 1.29 is 17.2 Å². The Morgan fingerprint density at radius 3 is 2.71 bits per heavy atom. The maximum absolute atomic E-state index is 14.0. The van der Waals surface area contributed by atoms with Crippen LogP contribution in [-0.4, -0.2) is 32.4 Å². The van der Waals surface area contributed by atoms with E-state index in [2.05, 4.69) is 11.8 Å². The number of hydrogen-bond acceptors (Lipinski definition) is 3. The van der Waals surface area contributed by atoms with Crippen LogP contribution in [0.5, 0.6) is 0 Å². The quantitative estimate of drug-likeness (QED) is 0.837. The molecule has 1 saturated heterocycles. The lowest BCUT2D eigenvalue weighted by Gasteiger charge is -2.17. The van der Waals surface area contributed by atoms with Gasteiger partial charge in [0, 0.05) is 19.2 Å². The van der Waals surface area contributed by atoms with Crippen LogP contribution in [0.1, 0.15) is 18.9 Å². The molecule has 2 rings (SSSR count). The second-order valence-corrected chi connectivity index (χ2v) is 6.90. The minimum Gasteiger partial charge on any atom is -0.320 e.